The van der Waals surface area contributed by atoms with Gasteiger partial charge in [-0.2, -0.15) is 0 Å². The van der Waals surface area contributed by atoms with Crippen LogP contribution in [0.25, 0.3) is 0 Å². The highest BCUT2D eigenvalue weighted by molar-refractivity contribution is 5.08. The molecule has 0 aromatic carbocycles. The summed E-state index contributed by atoms with van der Waals surface area (Å²) in [6.45, 7) is 8.30. The fourth-order valence-corrected chi connectivity index (χ4v) is 3.85. The maximum atomic E-state index is 4.45. The van der Waals surface area contributed by atoms with Crippen molar-refractivity contribution in [2.45, 2.75) is 64.6 Å². The third kappa shape index (κ3) is 3.49. The Labute approximate surface area is 128 Å². The highest BCUT2D eigenvalue weighted by Crippen LogP contribution is 2.34. The summed E-state index contributed by atoms with van der Waals surface area (Å²) in [6.07, 6.45) is 10.6. The monoisotopic (exact) mass is 290 g/mol. The molecule has 0 bridgehead atoms. The Balaban J connectivity index is 1.70. The summed E-state index contributed by atoms with van der Waals surface area (Å²) in [7, 11) is 2.23. The quantitative estimate of drug-likeness (QED) is 0.929. The molecule has 21 heavy (non-hydrogen) atoms. The van der Waals surface area contributed by atoms with Crippen LogP contribution in [-0.2, 0) is 6.54 Å². The highest BCUT2D eigenvalue weighted by atomic mass is 15.1. The molecule has 2 atom stereocenters. The van der Waals surface area contributed by atoms with Gasteiger partial charge in [0.2, 0.25) is 0 Å². The highest BCUT2D eigenvalue weighted by Gasteiger charge is 2.31. The van der Waals surface area contributed by atoms with Crippen LogP contribution >= 0.6 is 0 Å². The fraction of sp³-hybridized carbons (Fsp3) is 0.824. The van der Waals surface area contributed by atoms with Crippen molar-refractivity contribution >= 4 is 0 Å². The SMILES string of the molecule is CC1CCCC(c2cncn2CC2(C)CCN(C)CC2)N1. The van der Waals surface area contributed by atoms with E-state index in [4.69, 9.17) is 0 Å². The smallest absolute Gasteiger partial charge is 0.0948 e. The van der Waals surface area contributed by atoms with E-state index in [0.717, 1.165) is 6.54 Å². The number of piperidine rings is 2. The van der Waals surface area contributed by atoms with Crippen LogP contribution in [0.3, 0.4) is 0 Å². The van der Waals surface area contributed by atoms with Crippen molar-refractivity contribution in [1.82, 2.24) is 19.8 Å². The molecule has 3 rings (SSSR count). The van der Waals surface area contributed by atoms with Crippen molar-refractivity contribution in [2.24, 2.45) is 5.41 Å². The maximum absolute atomic E-state index is 4.45. The van der Waals surface area contributed by atoms with Crippen LogP contribution in [0, 0.1) is 5.41 Å². The van der Waals surface area contributed by atoms with Crippen molar-refractivity contribution in [1.29, 1.82) is 0 Å². The van der Waals surface area contributed by atoms with Crippen LogP contribution in [-0.4, -0.2) is 40.6 Å². The lowest BCUT2D eigenvalue weighted by Crippen LogP contribution is -2.40. The molecule has 0 spiro atoms. The summed E-state index contributed by atoms with van der Waals surface area (Å²) in [5, 5.41) is 3.75. The van der Waals surface area contributed by atoms with Gasteiger partial charge in [-0.25, -0.2) is 4.98 Å². The van der Waals surface area contributed by atoms with Gasteiger partial charge in [0.1, 0.15) is 0 Å². The molecule has 2 unspecified atom stereocenters. The number of imidazole rings is 1. The minimum atomic E-state index is 0.419. The summed E-state index contributed by atoms with van der Waals surface area (Å²) in [5.41, 5.74) is 1.81. The molecule has 2 aliphatic rings. The van der Waals surface area contributed by atoms with E-state index >= 15 is 0 Å². The topological polar surface area (TPSA) is 33.1 Å². The molecular weight excluding hydrogens is 260 g/mol. The molecule has 2 saturated heterocycles. The van der Waals surface area contributed by atoms with Crippen molar-refractivity contribution in [3.05, 3.63) is 18.2 Å². The zero-order valence-electron chi connectivity index (χ0n) is 13.8. The predicted molar refractivity (Wildman–Crippen MR) is 86.3 cm³/mol. The summed E-state index contributed by atoms with van der Waals surface area (Å²) in [5.74, 6) is 0. The fourth-order valence-electron chi connectivity index (χ4n) is 3.85. The van der Waals surface area contributed by atoms with Crippen molar-refractivity contribution in [3.63, 3.8) is 0 Å². The molecule has 3 heterocycles. The first-order valence-corrected chi connectivity index (χ1v) is 8.50. The molecule has 1 aromatic heterocycles. The number of nitrogens with zero attached hydrogens (tertiary/aromatic N) is 3. The largest absolute Gasteiger partial charge is 0.333 e. The zero-order valence-corrected chi connectivity index (χ0v) is 13.8. The van der Waals surface area contributed by atoms with Gasteiger partial charge >= 0.3 is 0 Å². The molecule has 1 N–H and O–H groups in total. The molecule has 0 aliphatic carbocycles. The summed E-state index contributed by atoms with van der Waals surface area (Å²) >= 11 is 0. The molecule has 0 amide bonds. The second-order valence-electron chi connectivity index (χ2n) is 7.61. The van der Waals surface area contributed by atoms with Gasteiger partial charge in [0.15, 0.2) is 0 Å². The molecule has 118 valence electrons. The van der Waals surface area contributed by atoms with Crippen molar-refractivity contribution in [2.75, 3.05) is 20.1 Å². The molecule has 4 nitrogen and oxygen atoms in total. The summed E-state index contributed by atoms with van der Waals surface area (Å²) in [6, 6.07) is 1.12. The second-order valence-corrected chi connectivity index (χ2v) is 7.61. The Morgan fingerprint density at radius 3 is 2.81 bits per heavy atom. The average molecular weight is 290 g/mol. The number of aromatic nitrogens is 2. The van der Waals surface area contributed by atoms with Gasteiger partial charge in [-0.1, -0.05) is 6.92 Å². The molecule has 1 aromatic rings. The van der Waals surface area contributed by atoms with Gasteiger partial charge in [-0.15, -0.1) is 0 Å². The number of likely N-dealkylation sites (tertiary alicyclic amines) is 1. The minimum absolute atomic E-state index is 0.419. The Hall–Kier alpha value is -0.870. The van der Waals surface area contributed by atoms with Gasteiger partial charge in [-0.3, -0.25) is 0 Å². The molecular formula is C17H30N4. The molecule has 0 radical (unpaired) electrons. The molecule has 2 fully saturated rings. The summed E-state index contributed by atoms with van der Waals surface area (Å²) < 4.78 is 2.42. The number of nitrogens with one attached hydrogen (secondary N) is 1. The number of hydrogen-bond donors (Lipinski definition) is 1. The Morgan fingerprint density at radius 1 is 1.33 bits per heavy atom. The van der Waals surface area contributed by atoms with Crippen LogP contribution in [0.2, 0.25) is 0 Å². The third-order valence-electron chi connectivity index (χ3n) is 5.46. The Kier molecular flexibility index (Phi) is 4.36. The summed E-state index contributed by atoms with van der Waals surface area (Å²) in [4.78, 5) is 6.89. The lowest BCUT2D eigenvalue weighted by molar-refractivity contribution is 0.118. The van der Waals surface area contributed by atoms with Gasteiger partial charge in [0, 0.05) is 24.8 Å². The van der Waals surface area contributed by atoms with E-state index in [1.54, 1.807) is 0 Å². The number of hydrogen-bond acceptors (Lipinski definition) is 3. The van der Waals surface area contributed by atoms with Crippen molar-refractivity contribution in [3.8, 4) is 0 Å². The normalized spacial score (nSPS) is 30.4. The standard InChI is InChI=1S/C17H30N4/c1-14-5-4-6-15(19-14)16-11-18-13-21(16)12-17(2)7-9-20(3)10-8-17/h11,13-15,19H,4-10,12H2,1-3H3. The van der Waals surface area contributed by atoms with E-state index in [0.29, 0.717) is 17.5 Å². The first kappa shape index (κ1) is 15.0. The molecule has 0 saturated carbocycles. The van der Waals surface area contributed by atoms with Crippen LogP contribution < -0.4 is 5.32 Å². The van der Waals surface area contributed by atoms with Crippen LogP contribution in [0.1, 0.15) is 57.7 Å². The van der Waals surface area contributed by atoms with E-state index in [9.17, 15) is 0 Å². The lowest BCUT2D eigenvalue weighted by atomic mass is 9.80. The van der Waals surface area contributed by atoms with Crippen LogP contribution in [0.4, 0.5) is 0 Å². The average Bonchev–Trinajstić information content (AvgIpc) is 2.90. The van der Waals surface area contributed by atoms with E-state index in [-0.39, 0.29) is 0 Å². The lowest BCUT2D eigenvalue weighted by Gasteiger charge is -2.39. The minimum Gasteiger partial charge on any atom is -0.333 e. The maximum Gasteiger partial charge on any atom is 0.0948 e. The van der Waals surface area contributed by atoms with Crippen LogP contribution in [0.15, 0.2) is 12.5 Å². The van der Waals surface area contributed by atoms with Gasteiger partial charge in [0.25, 0.3) is 0 Å². The van der Waals surface area contributed by atoms with E-state index in [1.165, 1.54) is 50.9 Å². The second kappa shape index (κ2) is 6.09. The third-order valence-corrected chi connectivity index (χ3v) is 5.46. The van der Waals surface area contributed by atoms with Crippen LogP contribution in [0.5, 0.6) is 0 Å². The zero-order chi connectivity index (χ0) is 14.9. The van der Waals surface area contributed by atoms with E-state index in [2.05, 4.69) is 46.9 Å². The van der Waals surface area contributed by atoms with E-state index in [1.807, 2.05) is 6.33 Å². The van der Waals surface area contributed by atoms with Gasteiger partial charge in [0.05, 0.1) is 12.0 Å². The first-order chi connectivity index (χ1) is 10.1. The first-order valence-electron chi connectivity index (χ1n) is 8.50. The number of rotatable bonds is 3. The molecule has 4 heteroatoms. The molecule has 2 aliphatic heterocycles. The Bertz CT molecular complexity index is 459. The van der Waals surface area contributed by atoms with E-state index < -0.39 is 0 Å². The van der Waals surface area contributed by atoms with Gasteiger partial charge in [-0.05, 0) is 64.6 Å². The Morgan fingerprint density at radius 2 is 2.10 bits per heavy atom. The predicted octanol–water partition coefficient (Wildman–Crippen LogP) is 2.82. The van der Waals surface area contributed by atoms with Gasteiger partial charge < -0.3 is 14.8 Å². The van der Waals surface area contributed by atoms with Crippen molar-refractivity contribution < 1.29 is 0 Å².